The van der Waals surface area contributed by atoms with Gasteiger partial charge in [-0.25, -0.2) is 0 Å². The molecular weight excluding hydrogens is 313 g/mol. The van der Waals surface area contributed by atoms with Gasteiger partial charge in [0.2, 0.25) is 0 Å². The van der Waals surface area contributed by atoms with Crippen molar-refractivity contribution in [3.05, 3.63) is 32.8 Å². The maximum atomic E-state index is 6.27. The summed E-state index contributed by atoms with van der Waals surface area (Å²) in [4.78, 5) is 0. The van der Waals surface area contributed by atoms with Crippen LogP contribution in [0.1, 0.15) is 64.5 Å². The van der Waals surface area contributed by atoms with E-state index in [9.17, 15) is 0 Å². The molecule has 4 heteroatoms. The first-order valence-electron chi connectivity index (χ1n) is 7.36. The molecule has 0 radical (unpaired) electrons. The zero-order valence-electron chi connectivity index (χ0n) is 12.5. The molecule has 0 aromatic heterocycles. The Labute approximate surface area is 138 Å². The number of halogens is 3. The standard InChI is InChI=1S/C16H24Cl3N/c1-4-5-6-7-8-11(2)20-12(3)13-9-10-14(17)16(19)15(13)18/h9-12,20H,4-8H2,1-3H3. The molecule has 1 aromatic rings. The smallest absolute Gasteiger partial charge is 0.0781 e. The molecule has 1 N–H and O–H groups in total. The highest BCUT2D eigenvalue weighted by molar-refractivity contribution is 6.48. The van der Waals surface area contributed by atoms with Crippen LogP contribution in [0.25, 0.3) is 0 Å². The minimum atomic E-state index is 0.165. The van der Waals surface area contributed by atoms with Crippen molar-refractivity contribution in [2.45, 2.75) is 65.0 Å². The first-order chi connectivity index (χ1) is 9.47. The maximum absolute atomic E-state index is 6.27. The second kappa shape index (κ2) is 9.15. The summed E-state index contributed by atoms with van der Waals surface area (Å²) in [6.07, 6.45) is 6.36. The lowest BCUT2D eigenvalue weighted by Gasteiger charge is -2.22. The molecule has 114 valence electrons. The lowest BCUT2D eigenvalue weighted by molar-refractivity contribution is 0.438. The van der Waals surface area contributed by atoms with Crippen molar-refractivity contribution in [3.8, 4) is 0 Å². The van der Waals surface area contributed by atoms with Crippen molar-refractivity contribution >= 4 is 34.8 Å². The molecule has 0 saturated heterocycles. The molecule has 2 atom stereocenters. The van der Waals surface area contributed by atoms with Gasteiger partial charge in [0.1, 0.15) is 0 Å². The first kappa shape index (κ1) is 18.1. The van der Waals surface area contributed by atoms with Gasteiger partial charge in [-0.1, -0.05) is 73.5 Å². The van der Waals surface area contributed by atoms with E-state index >= 15 is 0 Å². The van der Waals surface area contributed by atoms with Crippen molar-refractivity contribution in [1.82, 2.24) is 5.32 Å². The van der Waals surface area contributed by atoms with E-state index < -0.39 is 0 Å². The molecule has 0 bridgehead atoms. The Hall–Kier alpha value is 0.0500. The summed E-state index contributed by atoms with van der Waals surface area (Å²) in [5.74, 6) is 0. The number of benzene rings is 1. The number of unbranched alkanes of at least 4 members (excludes halogenated alkanes) is 3. The Balaban J connectivity index is 2.54. The van der Waals surface area contributed by atoms with E-state index in [0.29, 0.717) is 21.1 Å². The molecule has 0 heterocycles. The average molecular weight is 337 g/mol. The molecule has 1 rings (SSSR count). The van der Waals surface area contributed by atoms with Crippen LogP contribution >= 0.6 is 34.8 Å². The lowest BCUT2D eigenvalue weighted by Crippen LogP contribution is -2.29. The van der Waals surface area contributed by atoms with Crippen molar-refractivity contribution in [3.63, 3.8) is 0 Å². The topological polar surface area (TPSA) is 12.0 Å². The van der Waals surface area contributed by atoms with Crippen molar-refractivity contribution in [1.29, 1.82) is 0 Å². The van der Waals surface area contributed by atoms with E-state index in [2.05, 4.69) is 26.1 Å². The van der Waals surface area contributed by atoms with Gasteiger partial charge >= 0.3 is 0 Å². The molecular formula is C16H24Cl3N. The Morgan fingerprint density at radius 1 is 1.00 bits per heavy atom. The van der Waals surface area contributed by atoms with E-state index in [1.807, 2.05) is 6.07 Å². The second-order valence-corrected chi connectivity index (χ2v) is 6.57. The van der Waals surface area contributed by atoms with E-state index in [1.165, 1.54) is 32.1 Å². The van der Waals surface area contributed by atoms with Crippen LogP contribution in [0.4, 0.5) is 0 Å². The monoisotopic (exact) mass is 335 g/mol. The van der Waals surface area contributed by atoms with Crippen LogP contribution in [0.3, 0.4) is 0 Å². The number of hydrogen-bond acceptors (Lipinski definition) is 1. The number of hydrogen-bond donors (Lipinski definition) is 1. The molecule has 0 spiro atoms. The summed E-state index contributed by atoms with van der Waals surface area (Å²) in [7, 11) is 0. The zero-order chi connectivity index (χ0) is 15.1. The molecule has 1 nitrogen and oxygen atoms in total. The van der Waals surface area contributed by atoms with Gasteiger partial charge in [-0.15, -0.1) is 0 Å². The summed E-state index contributed by atoms with van der Waals surface area (Å²) in [6, 6.07) is 4.37. The highest BCUT2D eigenvalue weighted by atomic mass is 35.5. The van der Waals surface area contributed by atoms with Crippen LogP contribution in [-0.4, -0.2) is 6.04 Å². The summed E-state index contributed by atoms with van der Waals surface area (Å²) in [5.41, 5.74) is 1.00. The molecule has 0 aliphatic heterocycles. The van der Waals surface area contributed by atoms with E-state index in [0.717, 1.165) is 5.56 Å². The molecule has 0 saturated carbocycles. The van der Waals surface area contributed by atoms with Crippen molar-refractivity contribution in [2.24, 2.45) is 0 Å². The third-order valence-electron chi connectivity index (χ3n) is 3.56. The molecule has 2 unspecified atom stereocenters. The van der Waals surface area contributed by atoms with Gasteiger partial charge in [0, 0.05) is 12.1 Å². The van der Waals surface area contributed by atoms with Gasteiger partial charge in [0.15, 0.2) is 0 Å². The Morgan fingerprint density at radius 3 is 2.35 bits per heavy atom. The quantitative estimate of drug-likeness (QED) is 0.413. The lowest BCUT2D eigenvalue weighted by atomic mass is 10.0. The van der Waals surface area contributed by atoms with Gasteiger partial charge in [-0.2, -0.15) is 0 Å². The summed E-state index contributed by atoms with van der Waals surface area (Å²) < 4.78 is 0. The van der Waals surface area contributed by atoms with E-state index in [1.54, 1.807) is 6.07 Å². The minimum Gasteiger partial charge on any atom is -0.308 e. The van der Waals surface area contributed by atoms with Gasteiger partial charge in [0.25, 0.3) is 0 Å². The second-order valence-electron chi connectivity index (χ2n) is 5.40. The predicted octanol–water partition coefficient (Wildman–Crippen LogP) is 6.66. The third-order valence-corrected chi connectivity index (χ3v) is 4.86. The van der Waals surface area contributed by atoms with Crippen molar-refractivity contribution < 1.29 is 0 Å². The summed E-state index contributed by atoms with van der Waals surface area (Å²) in [5, 5.41) is 5.07. The fourth-order valence-corrected chi connectivity index (χ4v) is 3.06. The average Bonchev–Trinajstić information content (AvgIpc) is 2.41. The Kier molecular flexibility index (Phi) is 8.28. The van der Waals surface area contributed by atoms with Gasteiger partial charge in [-0.05, 0) is 31.9 Å². The molecule has 1 aromatic carbocycles. The van der Waals surface area contributed by atoms with Crippen LogP contribution in [0.2, 0.25) is 15.1 Å². The van der Waals surface area contributed by atoms with Crippen LogP contribution in [0.15, 0.2) is 12.1 Å². The predicted molar refractivity (Wildman–Crippen MR) is 91.2 cm³/mol. The van der Waals surface area contributed by atoms with Gasteiger partial charge in [0.05, 0.1) is 15.1 Å². The largest absolute Gasteiger partial charge is 0.308 e. The third kappa shape index (κ3) is 5.44. The van der Waals surface area contributed by atoms with E-state index in [-0.39, 0.29) is 6.04 Å². The highest BCUT2D eigenvalue weighted by Crippen LogP contribution is 2.35. The van der Waals surface area contributed by atoms with Gasteiger partial charge < -0.3 is 5.32 Å². The minimum absolute atomic E-state index is 0.165. The Bertz CT molecular complexity index is 420. The van der Waals surface area contributed by atoms with Crippen molar-refractivity contribution in [2.75, 3.05) is 0 Å². The van der Waals surface area contributed by atoms with Gasteiger partial charge in [-0.3, -0.25) is 0 Å². The highest BCUT2D eigenvalue weighted by Gasteiger charge is 2.15. The molecule has 20 heavy (non-hydrogen) atoms. The number of nitrogens with one attached hydrogen (secondary N) is 1. The normalized spacial score (nSPS) is 14.3. The molecule has 0 fully saturated rings. The fraction of sp³-hybridized carbons (Fsp3) is 0.625. The van der Waals surface area contributed by atoms with Crippen LogP contribution in [0.5, 0.6) is 0 Å². The first-order valence-corrected chi connectivity index (χ1v) is 8.50. The zero-order valence-corrected chi connectivity index (χ0v) is 14.7. The molecule has 0 amide bonds. The Morgan fingerprint density at radius 2 is 1.70 bits per heavy atom. The maximum Gasteiger partial charge on any atom is 0.0781 e. The SMILES string of the molecule is CCCCCCC(C)NC(C)c1ccc(Cl)c(Cl)c1Cl. The molecule has 0 aliphatic carbocycles. The molecule has 0 aliphatic rings. The fourth-order valence-electron chi connectivity index (χ4n) is 2.35. The van der Waals surface area contributed by atoms with Crippen LogP contribution < -0.4 is 5.32 Å². The van der Waals surface area contributed by atoms with Crippen LogP contribution in [-0.2, 0) is 0 Å². The summed E-state index contributed by atoms with van der Waals surface area (Å²) in [6.45, 7) is 6.55. The van der Waals surface area contributed by atoms with Crippen LogP contribution in [0, 0.1) is 0 Å². The number of rotatable bonds is 8. The van der Waals surface area contributed by atoms with E-state index in [4.69, 9.17) is 34.8 Å². The summed E-state index contributed by atoms with van der Waals surface area (Å²) >= 11 is 18.3.